The van der Waals surface area contributed by atoms with Gasteiger partial charge in [0, 0.05) is 12.4 Å². The van der Waals surface area contributed by atoms with E-state index in [1.165, 1.54) is 23.5 Å². The van der Waals surface area contributed by atoms with Gasteiger partial charge in [-0.25, -0.2) is 14.4 Å². The third-order valence-corrected chi connectivity index (χ3v) is 3.56. The first-order chi connectivity index (χ1) is 8.72. The van der Waals surface area contributed by atoms with Gasteiger partial charge in [0.1, 0.15) is 11.6 Å². The topological polar surface area (TPSA) is 47.9 Å². The lowest BCUT2D eigenvalue weighted by Crippen LogP contribution is -1.85. The first kappa shape index (κ1) is 11.5. The number of hydrogen-bond donors (Lipinski definition) is 0. The van der Waals surface area contributed by atoms with Gasteiger partial charge in [0.05, 0.1) is 4.47 Å². The number of hydrogen-bond acceptors (Lipinski definition) is 5. The fraction of sp³-hybridized carbons (Fsp3) is 0. The first-order valence-corrected chi connectivity index (χ1v) is 6.54. The minimum absolute atomic E-state index is 0.338. The molecule has 0 radical (unpaired) electrons. The van der Waals surface area contributed by atoms with Crippen LogP contribution in [0, 0.1) is 5.82 Å². The second kappa shape index (κ2) is 4.58. The number of benzene rings is 1. The number of fused-ring (bicyclic) bond motifs is 1. The lowest BCUT2D eigenvalue weighted by Gasteiger charge is -2.01. The van der Waals surface area contributed by atoms with E-state index < -0.39 is 0 Å². The zero-order valence-corrected chi connectivity index (χ0v) is 11.2. The Bertz CT molecular complexity index is 685. The predicted octanol–water partition coefficient (Wildman–Crippen LogP) is 3.78. The van der Waals surface area contributed by atoms with Crippen LogP contribution in [0.25, 0.3) is 10.5 Å². The number of rotatable bonds is 2. The molecule has 0 amide bonds. The molecule has 4 nitrogen and oxygen atoms in total. The Morgan fingerprint density at radius 1 is 1.22 bits per heavy atom. The average Bonchev–Trinajstić information content (AvgIpc) is 2.76. The second-order valence-corrected chi connectivity index (χ2v) is 5.14. The standard InChI is InChI=1S/C11H5BrFN3OS/c12-7-5-6(1-2-8(7)13)17-11-16-9-10(18-11)15-4-3-14-9/h1-5H. The van der Waals surface area contributed by atoms with Crippen molar-refractivity contribution in [3.63, 3.8) is 0 Å². The van der Waals surface area contributed by atoms with Crippen molar-refractivity contribution in [1.29, 1.82) is 0 Å². The highest BCUT2D eigenvalue weighted by Crippen LogP contribution is 2.30. The highest BCUT2D eigenvalue weighted by atomic mass is 79.9. The fourth-order valence-electron chi connectivity index (χ4n) is 1.34. The van der Waals surface area contributed by atoms with E-state index in [2.05, 4.69) is 30.9 Å². The van der Waals surface area contributed by atoms with Gasteiger partial charge in [-0.15, -0.1) is 0 Å². The van der Waals surface area contributed by atoms with E-state index in [0.717, 1.165) is 0 Å². The molecule has 0 aliphatic rings. The van der Waals surface area contributed by atoms with Gasteiger partial charge in [-0.3, -0.25) is 0 Å². The molecule has 2 aromatic heterocycles. The molecule has 0 N–H and O–H groups in total. The number of halogens is 2. The second-order valence-electron chi connectivity index (χ2n) is 3.34. The summed E-state index contributed by atoms with van der Waals surface area (Å²) in [7, 11) is 0. The van der Waals surface area contributed by atoms with Crippen molar-refractivity contribution in [3.8, 4) is 10.9 Å². The van der Waals surface area contributed by atoms with E-state index >= 15 is 0 Å². The zero-order valence-electron chi connectivity index (χ0n) is 8.80. The van der Waals surface area contributed by atoms with E-state index in [9.17, 15) is 4.39 Å². The van der Waals surface area contributed by atoms with Crippen molar-refractivity contribution in [2.75, 3.05) is 0 Å². The Kier molecular flexibility index (Phi) is 2.92. The minimum Gasteiger partial charge on any atom is -0.431 e. The minimum atomic E-state index is -0.338. The number of aromatic nitrogens is 3. The van der Waals surface area contributed by atoms with Gasteiger partial charge in [0.2, 0.25) is 0 Å². The summed E-state index contributed by atoms with van der Waals surface area (Å²) in [6.45, 7) is 0. The quantitative estimate of drug-likeness (QED) is 0.719. The van der Waals surface area contributed by atoms with Crippen LogP contribution < -0.4 is 4.74 Å². The van der Waals surface area contributed by atoms with Gasteiger partial charge in [-0.2, -0.15) is 4.98 Å². The normalized spacial score (nSPS) is 10.8. The van der Waals surface area contributed by atoms with Gasteiger partial charge < -0.3 is 4.74 Å². The van der Waals surface area contributed by atoms with E-state index in [1.54, 1.807) is 18.5 Å². The van der Waals surface area contributed by atoms with Gasteiger partial charge in [-0.1, -0.05) is 11.3 Å². The summed E-state index contributed by atoms with van der Waals surface area (Å²) in [4.78, 5) is 13.1. The largest absolute Gasteiger partial charge is 0.431 e. The van der Waals surface area contributed by atoms with E-state index in [4.69, 9.17) is 4.74 Å². The summed E-state index contributed by atoms with van der Waals surface area (Å²) >= 11 is 4.38. The average molecular weight is 326 g/mol. The molecule has 0 bridgehead atoms. The van der Waals surface area contributed by atoms with E-state index in [0.29, 0.717) is 25.9 Å². The Labute approximate surface area is 114 Å². The molecule has 0 aliphatic carbocycles. The molecule has 18 heavy (non-hydrogen) atoms. The van der Waals surface area contributed by atoms with E-state index in [1.807, 2.05) is 0 Å². The van der Waals surface area contributed by atoms with Crippen LogP contribution in [0.5, 0.6) is 10.9 Å². The molecule has 0 saturated carbocycles. The molecule has 0 spiro atoms. The molecule has 0 aliphatic heterocycles. The first-order valence-electron chi connectivity index (χ1n) is 4.93. The maximum Gasteiger partial charge on any atom is 0.282 e. The van der Waals surface area contributed by atoms with Gasteiger partial charge in [0.15, 0.2) is 10.5 Å². The van der Waals surface area contributed by atoms with E-state index in [-0.39, 0.29) is 5.82 Å². The Morgan fingerprint density at radius 2 is 2.06 bits per heavy atom. The fourth-order valence-corrected chi connectivity index (χ4v) is 2.44. The van der Waals surface area contributed by atoms with Crippen LogP contribution in [0.3, 0.4) is 0 Å². The molecule has 2 heterocycles. The highest BCUT2D eigenvalue weighted by molar-refractivity contribution is 9.10. The van der Waals surface area contributed by atoms with Crippen LogP contribution in [0.2, 0.25) is 0 Å². The van der Waals surface area contributed by atoms with Gasteiger partial charge >= 0.3 is 0 Å². The molecule has 0 unspecified atom stereocenters. The summed E-state index contributed by atoms with van der Waals surface area (Å²) in [5, 5.41) is 0.426. The maximum absolute atomic E-state index is 13.1. The summed E-state index contributed by atoms with van der Waals surface area (Å²) in [5.74, 6) is 0.164. The Balaban J connectivity index is 1.93. The van der Waals surface area contributed by atoms with Crippen LogP contribution in [0.4, 0.5) is 4.39 Å². The van der Waals surface area contributed by atoms with Crippen LogP contribution >= 0.6 is 27.3 Å². The molecule has 90 valence electrons. The van der Waals surface area contributed by atoms with Crippen molar-refractivity contribution in [2.45, 2.75) is 0 Å². The maximum atomic E-state index is 13.1. The van der Waals surface area contributed by atoms with Crippen molar-refractivity contribution >= 4 is 37.7 Å². The molecule has 0 saturated heterocycles. The Hall–Kier alpha value is -1.60. The highest BCUT2D eigenvalue weighted by Gasteiger charge is 2.08. The number of ether oxygens (including phenoxy) is 1. The monoisotopic (exact) mass is 325 g/mol. The molecule has 1 aromatic carbocycles. The number of nitrogens with zero attached hydrogens (tertiary/aromatic N) is 3. The molecule has 7 heteroatoms. The van der Waals surface area contributed by atoms with Gasteiger partial charge in [-0.05, 0) is 34.1 Å². The van der Waals surface area contributed by atoms with Crippen molar-refractivity contribution in [3.05, 3.63) is 40.9 Å². The zero-order chi connectivity index (χ0) is 12.5. The SMILES string of the molecule is Fc1ccc(Oc2nc3nccnc3s2)cc1Br. The summed E-state index contributed by atoms with van der Waals surface area (Å²) < 4.78 is 18.9. The van der Waals surface area contributed by atoms with Crippen LogP contribution in [-0.4, -0.2) is 15.0 Å². The lowest BCUT2D eigenvalue weighted by molar-refractivity contribution is 0.477. The van der Waals surface area contributed by atoms with Crippen molar-refractivity contribution in [2.24, 2.45) is 0 Å². The summed E-state index contributed by atoms with van der Waals surface area (Å²) in [5.41, 5.74) is 0.540. The molecular weight excluding hydrogens is 321 g/mol. The van der Waals surface area contributed by atoms with Crippen LogP contribution in [0.15, 0.2) is 35.1 Å². The van der Waals surface area contributed by atoms with Gasteiger partial charge in [0.25, 0.3) is 5.19 Å². The number of thiazole rings is 1. The third-order valence-electron chi connectivity index (χ3n) is 2.12. The molecule has 0 fully saturated rings. The Morgan fingerprint density at radius 3 is 2.83 bits per heavy atom. The van der Waals surface area contributed by atoms with Crippen LogP contribution in [-0.2, 0) is 0 Å². The van der Waals surface area contributed by atoms with Crippen LogP contribution in [0.1, 0.15) is 0 Å². The molecule has 3 rings (SSSR count). The molecule has 0 atom stereocenters. The summed E-state index contributed by atoms with van der Waals surface area (Å²) in [6.07, 6.45) is 3.17. The molecule has 3 aromatic rings. The third kappa shape index (κ3) is 2.19. The summed E-state index contributed by atoms with van der Waals surface area (Å²) in [6, 6.07) is 4.40. The van der Waals surface area contributed by atoms with Crippen molar-refractivity contribution in [1.82, 2.24) is 15.0 Å². The predicted molar refractivity (Wildman–Crippen MR) is 69.4 cm³/mol. The molecular formula is C11H5BrFN3OS. The van der Waals surface area contributed by atoms with Crippen molar-refractivity contribution < 1.29 is 9.13 Å². The smallest absolute Gasteiger partial charge is 0.282 e. The lowest BCUT2D eigenvalue weighted by atomic mass is 10.3.